The monoisotopic (exact) mass is 452 g/mol. The molecular weight excluding hydrogens is 428 g/mol. The number of aromatic nitrogens is 2. The van der Waals surface area contributed by atoms with Crippen molar-refractivity contribution in [3.8, 4) is 23.3 Å². The molecule has 2 N–H and O–H groups in total. The van der Waals surface area contributed by atoms with Crippen molar-refractivity contribution in [3.05, 3.63) is 84.2 Å². The molecule has 0 unspecified atom stereocenters. The molecule has 1 heterocycles. The predicted octanol–water partition coefficient (Wildman–Crippen LogP) is 4.59. The van der Waals surface area contributed by atoms with Gasteiger partial charge in [-0.1, -0.05) is 30.0 Å². The van der Waals surface area contributed by atoms with Crippen LogP contribution in [0.3, 0.4) is 0 Å². The minimum Gasteiger partial charge on any atom is -0.457 e. The van der Waals surface area contributed by atoms with Crippen LogP contribution >= 0.6 is 0 Å². The van der Waals surface area contributed by atoms with Crippen molar-refractivity contribution in [3.63, 3.8) is 0 Å². The maximum atomic E-state index is 11.4. The van der Waals surface area contributed by atoms with Crippen LogP contribution in [0.2, 0.25) is 0 Å². The molecule has 0 aliphatic carbocycles. The standard InChI is InChI=1S/C27H24N4O3/c1-19-15-21(11-13-25(19)34-22-8-4-3-5-9-22)31-27-23-16-20(10-12-24(23)29-18-30-27)7-6-14-28-26(32)17-33-2/h3-5,8-13,15-16,18H,14,17H2,1-2H3,(H,28,32)(H,29,30,31). The quantitative estimate of drug-likeness (QED) is 0.399. The number of fused-ring (bicyclic) bond motifs is 1. The van der Waals surface area contributed by atoms with E-state index in [1.807, 2.05) is 73.7 Å². The number of hydrogen-bond donors (Lipinski definition) is 2. The lowest BCUT2D eigenvalue weighted by Gasteiger charge is -2.12. The lowest BCUT2D eigenvalue weighted by molar-refractivity contribution is -0.124. The molecule has 4 rings (SSSR count). The molecule has 0 bridgehead atoms. The lowest BCUT2D eigenvalue weighted by Crippen LogP contribution is -2.27. The van der Waals surface area contributed by atoms with Gasteiger partial charge < -0.3 is 20.1 Å². The second-order valence-electron chi connectivity index (χ2n) is 7.49. The summed E-state index contributed by atoms with van der Waals surface area (Å²) in [7, 11) is 1.47. The van der Waals surface area contributed by atoms with E-state index in [4.69, 9.17) is 9.47 Å². The van der Waals surface area contributed by atoms with Gasteiger partial charge in [0.15, 0.2) is 0 Å². The van der Waals surface area contributed by atoms with Crippen molar-refractivity contribution < 1.29 is 14.3 Å². The molecule has 0 atom stereocenters. The van der Waals surface area contributed by atoms with E-state index in [0.29, 0.717) is 5.82 Å². The first-order chi connectivity index (χ1) is 16.6. The number of nitrogens with one attached hydrogen (secondary N) is 2. The molecule has 0 aliphatic rings. The molecule has 0 aliphatic heterocycles. The first kappa shape index (κ1) is 22.8. The van der Waals surface area contributed by atoms with Crippen molar-refractivity contribution >= 4 is 28.3 Å². The number of ether oxygens (including phenoxy) is 2. The van der Waals surface area contributed by atoms with E-state index in [1.165, 1.54) is 13.4 Å². The fourth-order valence-electron chi connectivity index (χ4n) is 3.30. The van der Waals surface area contributed by atoms with Crippen LogP contribution in [0.5, 0.6) is 11.5 Å². The Balaban J connectivity index is 1.51. The number of para-hydroxylation sites is 1. The summed E-state index contributed by atoms with van der Waals surface area (Å²) in [5.41, 5.74) is 3.48. The van der Waals surface area contributed by atoms with E-state index in [-0.39, 0.29) is 19.1 Å². The third-order valence-corrected chi connectivity index (χ3v) is 4.93. The first-order valence-corrected chi connectivity index (χ1v) is 10.7. The molecule has 1 amide bonds. The van der Waals surface area contributed by atoms with Gasteiger partial charge >= 0.3 is 0 Å². The van der Waals surface area contributed by atoms with E-state index < -0.39 is 0 Å². The van der Waals surface area contributed by atoms with Crippen molar-refractivity contribution in [2.45, 2.75) is 6.92 Å². The Morgan fingerprint density at radius 1 is 1.03 bits per heavy atom. The Bertz CT molecular complexity index is 1360. The molecule has 3 aromatic carbocycles. The molecule has 1 aromatic heterocycles. The van der Waals surface area contributed by atoms with Gasteiger partial charge in [-0.3, -0.25) is 4.79 Å². The molecule has 7 heteroatoms. The van der Waals surface area contributed by atoms with E-state index in [2.05, 4.69) is 32.4 Å². The average molecular weight is 453 g/mol. The number of rotatable bonds is 7. The molecule has 170 valence electrons. The van der Waals surface area contributed by atoms with Crippen LogP contribution in [0.25, 0.3) is 10.9 Å². The van der Waals surface area contributed by atoms with Gasteiger partial charge in [-0.05, 0) is 61.0 Å². The SMILES string of the molecule is COCC(=O)NCC#Cc1ccc2ncnc(Nc3ccc(Oc4ccccc4)c(C)c3)c2c1. The summed E-state index contributed by atoms with van der Waals surface area (Å²) in [5.74, 6) is 8.06. The zero-order valence-corrected chi connectivity index (χ0v) is 19.0. The normalized spacial score (nSPS) is 10.3. The number of hydrogen-bond acceptors (Lipinski definition) is 6. The summed E-state index contributed by atoms with van der Waals surface area (Å²) in [6, 6.07) is 21.3. The molecule has 0 saturated carbocycles. The fourth-order valence-corrected chi connectivity index (χ4v) is 3.30. The molecule has 4 aromatic rings. The van der Waals surface area contributed by atoms with Gasteiger partial charge in [0.05, 0.1) is 12.1 Å². The summed E-state index contributed by atoms with van der Waals surface area (Å²) in [6.45, 7) is 2.26. The molecular formula is C27H24N4O3. The Hall–Kier alpha value is -4.41. The predicted molar refractivity (Wildman–Crippen MR) is 132 cm³/mol. The summed E-state index contributed by atoms with van der Waals surface area (Å²) in [4.78, 5) is 20.2. The van der Waals surface area contributed by atoms with Crippen LogP contribution in [-0.4, -0.2) is 36.1 Å². The summed E-state index contributed by atoms with van der Waals surface area (Å²) in [5, 5.41) is 6.90. The Kier molecular flexibility index (Phi) is 7.33. The number of benzene rings is 3. The van der Waals surface area contributed by atoms with Crippen LogP contribution in [0.1, 0.15) is 11.1 Å². The molecule has 0 spiro atoms. The Morgan fingerprint density at radius 3 is 2.68 bits per heavy atom. The molecule has 0 radical (unpaired) electrons. The van der Waals surface area contributed by atoms with E-state index in [0.717, 1.165) is 39.2 Å². The van der Waals surface area contributed by atoms with Crippen LogP contribution in [0.15, 0.2) is 73.1 Å². The van der Waals surface area contributed by atoms with Crippen LogP contribution in [-0.2, 0) is 9.53 Å². The molecule has 7 nitrogen and oxygen atoms in total. The number of methoxy groups -OCH3 is 1. The lowest BCUT2D eigenvalue weighted by atomic mass is 10.1. The Morgan fingerprint density at radius 2 is 1.88 bits per heavy atom. The highest BCUT2D eigenvalue weighted by Crippen LogP contribution is 2.29. The zero-order chi connectivity index (χ0) is 23.8. The molecule has 0 fully saturated rings. The summed E-state index contributed by atoms with van der Waals surface area (Å²) >= 11 is 0. The van der Waals surface area contributed by atoms with Crippen LogP contribution < -0.4 is 15.4 Å². The number of anilines is 2. The first-order valence-electron chi connectivity index (χ1n) is 10.7. The van der Waals surface area contributed by atoms with Crippen molar-refractivity contribution in [2.75, 3.05) is 25.6 Å². The minimum atomic E-state index is -0.203. The van der Waals surface area contributed by atoms with Gasteiger partial charge in [0.1, 0.15) is 30.3 Å². The zero-order valence-electron chi connectivity index (χ0n) is 19.0. The van der Waals surface area contributed by atoms with Gasteiger partial charge in [0, 0.05) is 23.7 Å². The molecule has 0 saturated heterocycles. The highest BCUT2D eigenvalue weighted by molar-refractivity contribution is 5.91. The van der Waals surface area contributed by atoms with Gasteiger partial charge in [0.25, 0.3) is 0 Å². The molecule has 34 heavy (non-hydrogen) atoms. The van der Waals surface area contributed by atoms with Crippen LogP contribution in [0, 0.1) is 18.8 Å². The van der Waals surface area contributed by atoms with E-state index in [1.54, 1.807) is 0 Å². The van der Waals surface area contributed by atoms with Crippen LogP contribution in [0.4, 0.5) is 11.5 Å². The average Bonchev–Trinajstić information content (AvgIpc) is 2.85. The second-order valence-corrected chi connectivity index (χ2v) is 7.49. The maximum absolute atomic E-state index is 11.4. The maximum Gasteiger partial charge on any atom is 0.246 e. The number of nitrogens with zero attached hydrogens (tertiary/aromatic N) is 2. The second kappa shape index (κ2) is 10.9. The number of aryl methyl sites for hydroxylation is 1. The highest BCUT2D eigenvalue weighted by Gasteiger charge is 2.08. The summed E-state index contributed by atoms with van der Waals surface area (Å²) < 4.78 is 10.8. The number of carbonyl (C=O) groups is 1. The number of carbonyl (C=O) groups excluding carboxylic acids is 1. The number of amides is 1. The minimum absolute atomic E-state index is 0.0167. The van der Waals surface area contributed by atoms with Crippen molar-refractivity contribution in [1.82, 2.24) is 15.3 Å². The highest BCUT2D eigenvalue weighted by atomic mass is 16.5. The van der Waals surface area contributed by atoms with Crippen molar-refractivity contribution in [1.29, 1.82) is 0 Å². The van der Waals surface area contributed by atoms with E-state index in [9.17, 15) is 4.79 Å². The van der Waals surface area contributed by atoms with E-state index >= 15 is 0 Å². The van der Waals surface area contributed by atoms with Gasteiger partial charge in [-0.2, -0.15) is 0 Å². The van der Waals surface area contributed by atoms with Gasteiger partial charge in [0.2, 0.25) is 5.91 Å². The van der Waals surface area contributed by atoms with Gasteiger partial charge in [-0.15, -0.1) is 0 Å². The van der Waals surface area contributed by atoms with Crippen molar-refractivity contribution in [2.24, 2.45) is 0 Å². The smallest absolute Gasteiger partial charge is 0.246 e. The third-order valence-electron chi connectivity index (χ3n) is 4.93. The third kappa shape index (κ3) is 5.88. The topological polar surface area (TPSA) is 85.4 Å². The van der Waals surface area contributed by atoms with Gasteiger partial charge in [-0.25, -0.2) is 9.97 Å². The summed E-state index contributed by atoms with van der Waals surface area (Å²) in [6.07, 6.45) is 1.53. The Labute approximate surface area is 198 Å². The fraction of sp³-hybridized carbons (Fsp3) is 0.148. The largest absolute Gasteiger partial charge is 0.457 e.